The average Bonchev–Trinajstić information content (AvgIpc) is 2.36. The smallest absolute Gasteiger partial charge is 0.228 e. The van der Waals surface area contributed by atoms with E-state index in [0.717, 1.165) is 16.3 Å². The summed E-state index contributed by atoms with van der Waals surface area (Å²) < 4.78 is 0. The molecule has 0 aliphatic rings. The van der Waals surface area contributed by atoms with Gasteiger partial charge in [0.1, 0.15) is 0 Å². The van der Waals surface area contributed by atoms with Crippen LogP contribution in [0.2, 0.25) is 0 Å². The number of hydrogen-bond acceptors (Lipinski definition) is 3. The predicted molar refractivity (Wildman–Crippen MR) is 74.2 cm³/mol. The molecular formula is C13H18N2OS. The number of benzene rings is 1. The van der Waals surface area contributed by atoms with Crippen molar-refractivity contribution in [3.8, 4) is 0 Å². The van der Waals surface area contributed by atoms with Gasteiger partial charge in [0.15, 0.2) is 0 Å². The van der Waals surface area contributed by atoms with Gasteiger partial charge in [0.2, 0.25) is 5.91 Å². The zero-order chi connectivity index (χ0) is 12.7. The number of thioether (sulfide) groups is 1. The quantitative estimate of drug-likeness (QED) is 0.602. The first kappa shape index (κ1) is 13.8. The molecule has 17 heavy (non-hydrogen) atoms. The number of nitrogens with one attached hydrogen (secondary N) is 1. The van der Waals surface area contributed by atoms with E-state index in [2.05, 4.69) is 11.9 Å². The fraction of sp³-hybridized carbons (Fsp3) is 0.308. The van der Waals surface area contributed by atoms with E-state index < -0.39 is 0 Å². The van der Waals surface area contributed by atoms with Gasteiger partial charge in [-0.2, -0.15) is 0 Å². The number of para-hydroxylation sites is 1. The van der Waals surface area contributed by atoms with Gasteiger partial charge < -0.3 is 11.1 Å². The summed E-state index contributed by atoms with van der Waals surface area (Å²) in [6.45, 7) is 5.85. The highest BCUT2D eigenvalue weighted by Crippen LogP contribution is 2.27. The van der Waals surface area contributed by atoms with Crippen molar-refractivity contribution >= 4 is 23.4 Å². The van der Waals surface area contributed by atoms with E-state index in [1.165, 1.54) is 0 Å². The molecule has 92 valence electrons. The fourth-order valence-electron chi connectivity index (χ4n) is 1.21. The minimum atomic E-state index is -0.174. The highest BCUT2D eigenvalue weighted by Gasteiger charge is 2.12. The van der Waals surface area contributed by atoms with Crippen LogP contribution in [0, 0.1) is 5.92 Å². The van der Waals surface area contributed by atoms with Crippen molar-refractivity contribution in [2.75, 3.05) is 17.6 Å². The van der Waals surface area contributed by atoms with E-state index >= 15 is 0 Å². The van der Waals surface area contributed by atoms with Gasteiger partial charge in [0.25, 0.3) is 0 Å². The molecule has 1 amide bonds. The van der Waals surface area contributed by atoms with E-state index in [-0.39, 0.29) is 11.8 Å². The van der Waals surface area contributed by atoms with Crippen molar-refractivity contribution in [1.29, 1.82) is 0 Å². The van der Waals surface area contributed by atoms with Crippen molar-refractivity contribution in [3.63, 3.8) is 0 Å². The number of nitrogens with two attached hydrogens (primary N) is 1. The molecule has 0 spiro atoms. The second kappa shape index (κ2) is 7.14. The lowest BCUT2D eigenvalue weighted by molar-refractivity contribution is -0.119. The molecule has 0 fully saturated rings. The minimum Gasteiger partial charge on any atom is -0.330 e. The normalized spacial score (nSPS) is 11.9. The molecule has 0 heterocycles. The Morgan fingerprint density at radius 3 is 2.94 bits per heavy atom. The van der Waals surface area contributed by atoms with Gasteiger partial charge in [-0.1, -0.05) is 25.1 Å². The van der Waals surface area contributed by atoms with Gasteiger partial charge >= 0.3 is 0 Å². The molecule has 0 bridgehead atoms. The predicted octanol–water partition coefficient (Wildman–Crippen LogP) is 2.50. The lowest BCUT2D eigenvalue weighted by atomic mass is 10.1. The Balaban J connectivity index is 2.75. The van der Waals surface area contributed by atoms with E-state index in [4.69, 9.17) is 5.73 Å². The van der Waals surface area contributed by atoms with Crippen LogP contribution in [-0.2, 0) is 4.79 Å². The van der Waals surface area contributed by atoms with E-state index in [1.54, 1.807) is 11.8 Å². The van der Waals surface area contributed by atoms with Crippen molar-refractivity contribution in [3.05, 3.63) is 36.9 Å². The molecule has 0 aliphatic heterocycles. The monoisotopic (exact) mass is 250 g/mol. The number of anilines is 1. The van der Waals surface area contributed by atoms with E-state index in [1.807, 2.05) is 37.3 Å². The van der Waals surface area contributed by atoms with Crippen LogP contribution in [0.25, 0.3) is 0 Å². The van der Waals surface area contributed by atoms with Crippen LogP contribution < -0.4 is 11.1 Å². The summed E-state index contributed by atoms with van der Waals surface area (Å²) in [4.78, 5) is 12.8. The molecule has 1 rings (SSSR count). The summed E-state index contributed by atoms with van der Waals surface area (Å²) in [6, 6.07) is 7.73. The molecule has 4 heteroatoms. The van der Waals surface area contributed by atoms with Crippen LogP contribution in [0.1, 0.15) is 6.92 Å². The van der Waals surface area contributed by atoms with Crippen molar-refractivity contribution in [2.24, 2.45) is 11.7 Å². The molecule has 3 nitrogen and oxygen atoms in total. The lowest BCUT2D eigenvalue weighted by Crippen LogP contribution is -2.26. The molecular weight excluding hydrogens is 232 g/mol. The van der Waals surface area contributed by atoms with Crippen LogP contribution in [0.5, 0.6) is 0 Å². The highest BCUT2D eigenvalue weighted by atomic mass is 32.2. The standard InChI is InChI=1S/C13H18N2OS/c1-3-8-17-12-7-5-4-6-11(12)15-13(16)10(2)9-14/h3-7,10H,1,8-9,14H2,2H3,(H,15,16). The maximum atomic E-state index is 11.7. The van der Waals surface area contributed by atoms with Gasteiger partial charge in [-0.05, 0) is 12.1 Å². The number of carbonyl (C=O) groups excluding carboxylic acids is 1. The number of hydrogen-bond donors (Lipinski definition) is 2. The topological polar surface area (TPSA) is 55.1 Å². The third-order valence-corrected chi connectivity index (χ3v) is 3.37. The fourth-order valence-corrected chi connectivity index (χ4v) is 1.95. The number of rotatable bonds is 6. The van der Waals surface area contributed by atoms with Crippen LogP contribution in [0.4, 0.5) is 5.69 Å². The maximum Gasteiger partial charge on any atom is 0.228 e. The lowest BCUT2D eigenvalue weighted by Gasteiger charge is -2.12. The van der Waals surface area contributed by atoms with Gasteiger partial charge in [-0.3, -0.25) is 4.79 Å². The molecule has 3 N–H and O–H groups in total. The van der Waals surface area contributed by atoms with Gasteiger partial charge in [-0.25, -0.2) is 0 Å². The molecule has 0 saturated heterocycles. The Bertz CT molecular complexity index is 393. The van der Waals surface area contributed by atoms with Crippen molar-refractivity contribution in [2.45, 2.75) is 11.8 Å². The zero-order valence-corrected chi connectivity index (χ0v) is 10.8. The van der Waals surface area contributed by atoms with Crippen LogP contribution >= 0.6 is 11.8 Å². The number of amides is 1. The summed E-state index contributed by atoms with van der Waals surface area (Å²) in [7, 11) is 0. The van der Waals surface area contributed by atoms with Crippen LogP contribution in [0.15, 0.2) is 41.8 Å². The second-order valence-electron chi connectivity index (χ2n) is 3.72. The summed E-state index contributed by atoms with van der Waals surface area (Å²) in [5.41, 5.74) is 6.30. The molecule has 1 aromatic rings. The van der Waals surface area contributed by atoms with Crippen molar-refractivity contribution in [1.82, 2.24) is 0 Å². The van der Waals surface area contributed by atoms with Gasteiger partial charge in [0.05, 0.1) is 5.69 Å². The summed E-state index contributed by atoms with van der Waals surface area (Å²) >= 11 is 1.64. The van der Waals surface area contributed by atoms with Crippen molar-refractivity contribution < 1.29 is 4.79 Å². The summed E-state index contributed by atoms with van der Waals surface area (Å²) in [6.07, 6.45) is 1.84. The molecule has 1 atom stereocenters. The van der Waals surface area contributed by atoms with Crippen LogP contribution in [0.3, 0.4) is 0 Å². The first-order valence-electron chi connectivity index (χ1n) is 5.52. The van der Waals surface area contributed by atoms with E-state index in [0.29, 0.717) is 6.54 Å². The zero-order valence-electron chi connectivity index (χ0n) is 9.98. The van der Waals surface area contributed by atoms with Gasteiger partial charge in [0, 0.05) is 23.1 Å². The third kappa shape index (κ3) is 4.24. The molecule has 1 aromatic carbocycles. The minimum absolute atomic E-state index is 0.0425. The SMILES string of the molecule is C=CCSc1ccccc1NC(=O)C(C)CN. The average molecular weight is 250 g/mol. The Morgan fingerprint density at radius 2 is 2.29 bits per heavy atom. The Morgan fingerprint density at radius 1 is 1.59 bits per heavy atom. The van der Waals surface area contributed by atoms with E-state index in [9.17, 15) is 4.79 Å². The Kier molecular flexibility index (Phi) is 5.80. The molecule has 0 aliphatic carbocycles. The Labute approximate surface area is 106 Å². The summed E-state index contributed by atoms with van der Waals surface area (Å²) in [5, 5.41) is 2.90. The molecule has 0 radical (unpaired) electrons. The highest BCUT2D eigenvalue weighted by molar-refractivity contribution is 7.99. The third-order valence-electron chi connectivity index (χ3n) is 2.30. The largest absolute Gasteiger partial charge is 0.330 e. The summed E-state index contributed by atoms with van der Waals surface area (Å²) in [5.74, 6) is 0.603. The maximum absolute atomic E-state index is 11.7. The molecule has 1 unspecified atom stereocenters. The Hall–Kier alpha value is -1.26. The molecule has 0 saturated carbocycles. The molecule has 0 aromatic heterocycles. The van der Waals surface area contributed by atoms with Crippen LogP contribution in [-0.4, -0.2) is 18.2 Å². The second-order valence-corrected chi connectivity index (χ2v) is 4.78. The first-order chi connectivity index (χ1) is 8.19. The number of carbonyl (C=O) groups is 1. The van der Waals surface area contributed by atoms with Gasteiger partial charge in [-0.15, -0.1) is 18.3 Å². The first-order valence-corrected chi connectivity index (χ1v) is 6.51.